The van der Waals surface area contributed by atoms with E-state index < -0.39 is 0 Å². The van der Waals surface area contributed by atoms with Crippen LogP contribution in [0.2, 0.25) is 0 Å². The molecular weight excluding hydrogens is 252 g/mol. The number of nitrogens with zero attached hydrogens (tertiary/aromatic N) is 2. The minimum atomic E-state index is -0.254. The fraction of sp³-hybridized carbons (Fsp3) is 0.667. The van der Waals surface area contributed by atoms with Gasteiger partial charge >= 0.3 is 5.97 Å². The van der Waals surface area contributed by atoms with Crippen LogP contribution in [0.15, 0.2) is 5.38 Å². The van der Waals surface area contributed by atoms with Gasteiger partial charge in [-0.15, -0.1) is 11.3 Å². The first-order valence-corrected chi connectivity index (χ1v) is 6.87. The molecule has 0 amide bonds. The van der Waals surface area contributed by atoms with Crippen LogP contribution in [-0.2, 0) is 20.7 Å². The van der Waals surface area contributed by atoms with Gasteiger partial charge in [0, 0.05) is 11.9 Å². The van der Waals surface area contributed by atoms with Crippen LogP contribution < -0.4 is 4.90 Å². The number of thiazole rings is 1. The standard InChI is InChI=1S/C12H18N2O3S/c1-8-6-17-9(2)5-14(8)12-13-10(7-18-12)4-11(15)16-3/h7-9H,4-6H2,1-3H3. The zero-order chi connectivity index (χ0) is 13.1. The Kier molecular flexibility index (Phi) is 4.19. The largest absolute Gasteiger partial charge is 0.469 e. The number of hydrogen-bond acceptors (Lipinski definition) is 6. The number of carbonyl (C=O) groups is 1. The molecule has 1 saturated heterocycles. The molecule has 2 heterocycles. The van der Waals surface area contributed by atoms with Crippen molar-refractivity contribution in [1.29, 1.82) is 0 Å². The van der Waals surface area contributed by atoms with Crippen LogP contribution in [0.25, 0.3) is 0 Å². The lowest BCUT2D eigenvalue weighted by Gasteiger charge is -2.36. The molecule has 0 radical (unpaired) electrons. The number of anilines is 1. The fourth-order valence-corrected chi connectivity index (χ4v) is 2.84. The molecule has 1 aliphatic heterocycles. The molecule has 2 atom stereocenters. The molecule has 1 aromatic rings. The van der Waals surface area contributed by atoms with Gasteiger partial charge in [0.25, 0.3) is 0 Å². The Labute approximate surface area is 111 Å². The lowest BCUT2D eigenvalue weighted by Crippen LogP contribution is -2.47. The molecule has 0 spiro atoms. The van der Waals surface area contributed by atoms with Crippen molar-refractivity contribution >= 4 is 22.4 Å². The molecule has 6 heteroatoms. The van der Waals surface area contributed by atoms with Gasteiger partial charge in [-0.25, -0.2) is 4.98 Å². The van der Waals surface area contributed by atoms with Gasteiger partial charge in [-0.3, -0.25) is 4.79 Å². The molecule has 0 aromatic carbocycles. The van der Waals surface area contributed by atoms with Gasteiger partial charge in [0.1, 0.15) is 0 Å². The first-order valence-electron chi connectivity index (χ1n) is 5.99. The van der Waals surface area contributed by atoms with Gasteiger partial charge < -0.3 is 14.4 Å². The third-order valence-electron chi connectivity index (χ3n) is 2.95. The molecule has 1 fully saturated rings. The summed E-state index contributed by atoms with van der Waals surface area (Å²) in [5.74, 6) is -0.254. The third kappa shape index (κ3) is 3.00. The number of esters is 1. The zero-order valence-electron chi connectivity index (χ0n) is 10.9. The highest BCUT2D eigenvalue weighted by atomic mass is 32.1. The number of aromatic nitrogens is 1. The Bertz CT molecular complexity index is 421. The molecule has 1 aliphatic rings. The number of morpholine rings is 1. The summed E-state index contributed by atoms with van der Waals surface area (Å²) in [4.78, 5) is 17.9. The molecular formula is C12H18N2O3S. The summed E-state index contributed by atoms with van der Waals surface area (Å²) >= 11 is 1.57. The highest BCUT2D eigenvalue weighted by molar-refractivity contribution is 7.13. The van der Waals surface area contributed by atoms with Gasteiger partial charge in [-0.05, 0) is 13.8 Å². The van der Waals surface area contributed by atoms with E-state index in [9.17, 15) is 4.79 Å². The maximum atomic E-state index is 11.2. The van der Waals surface area contributed by atoms with E-state index >= 15 is 0 Å². The van der Waals surface area contributed by atoms with Gasteiger partial charge in [-0.2, -0.15) is 0 Å². The topological polar surface area (TPSA) is 51.7 Å². The number of ether oxygens (including phenoxy) is 2. The van der Waals surface area contributed by atoms with E-state index in [1.807, 2.05) is 5.38 Å². The average Bonchev–Trinajstić information content (AvgIpc) is 2.80. The molecule has 18 heavy (non-hydrogen) atoms. The molecule has 1 aromatic heterocycles. The SMILES string of the molecule is COC(=O)Cc1csc(N2CC(C)OCC2C)n1. The third-order valence-corrected chi connectivity index (χ3v) is 3.87. The second-order valence-electron chi connectivity index (χ2n) is 4.52. The van der Waals surface area contributed by atoms with Crippen LogP contribution in [0, 0.1) is 0 Å². The van der Waals surface area contributed by atoms with Crippen molar-refractivity contribution in [2.45, 2.75) is 32.4 Å². The second-order valence-corrected chi connectivity index (χ2v) is 5.36. The van der Waals surface area contributed by atoms with Crippen LogP contribution in [0.4, 0.5) is 5.13 Å². The first kappa shape index (κ1) is 13.3. The molecule has 2 rings (SSSR count). The minimum absolute atomic E-state index is 0.217. The Balaban J connectivity index is 2.06. The second kappa shape index (κ2) is 5.67. The Morgan fingerprint density at radius 3 is 3.17 bits per heavy atom. The smallest absolute Gasteiger partial charge is 0.311 e. The van der Waals surface area contributed by atoms with E-state index in [0.29, 0.717) is 12.6 Å². The molecule has 2 unspecified atom stereocenters. The van der Waals surface area contributed by atoms with Gasteiger partial charge in [-0.1, -0.05) is 0 Å². The monoisotopic (exact) mass is 270 g/mol. The molecule has 5 nitrogen and oxygen atoms in total. The van der Waals surface area contributed by atoms with Crippen LogP contribution in [0.1, 0.15) is 19.5 Å². The Hall–Kier alpha value is -1.14. The van der Waals surface area contributed by atoms with Crippen LogP contribution in [0.5, 0.6) is 0 Å². The fourth-order valence-electron chi connectivity index (χ4n) is 1.90. The van der Waals surface area contributed by atoms with Gasteiger partial charge in [0.2, 0.25) is 0 Å². The van der Waals surface area contributed by atoms with Crippen molar-refractivity contribution < 1.29 is 14.3 Å². The number of rotatable bonds is 3. The lowest BCUT2D eigenvalue weighted by atomic mass is 10.2. The Morgan fingerprint density at radius 1 is 1.67 bits per heavy atom. The summed E-state index contributed by atoms with van der Waals surface area (Å²) < 4.78 is 10.2. The summed E-state index contributed by atoms with van der Waals surface area (Å²) in [6, 6.07) is 0.318. The summed E-state index contributed by atoms with van der Waals surface area (Å²) in [6.45, 7) is 5.73. The van der Waals surface area contributed by atoms with Crippen molar-refractivity contribution in [2.24, 2.45) is 0 Å². The average molecular weight is 270 g/mol. The summed E-state index contributed by atoms with van der Waals surface area (Å²) in [5, 5.41) is 2.87. The van der Waals surface area contributed by atoms with Crippen molar-refractivity contribution in [3.63, 3.8) is 0 Å². The molecule has 100 valence electrons. The van der Waals surface area contributed by atoms with E-state index in [4.69, 9.17) is 4.74 Å². The maximum Gasteiger partial charge on any atom is 0.311 e. The lowest BCUT2D eigenvalue weighted by molar-refractivity contribution is -0.139. The highest BCUT2D eigenvalue weighted by Gasteiger charge is 2.25. The van der Waals surface area contributed by atoms with E-state index in [1.165, 1.54) is 7.11 Å². The van der Waals surface area contributed by atoms with Crippen molar-refractivity contribution in [1.82, 2.24) is 4.98 Å². The van der Waals surface area contributed by atoms with Gasteiger partial charge in [0.15, 0.2) is 5.13 Å². The molecule has 0 bridgehead atoms. The normalized spacial score (nSPS) is 24.1. The predicted octanol–water partition coefficient (Wildman–Crippen LogP) is 1.47. The zero-order valence-corrected chi connectivity index (χ0v) is 11.7. The summed E-state index contributed by atoms with van der Waals surface area (Å²) in [6.07, 6.45) is 0.454. The Morgan fingerprint density at radius 2 is 2.44 bits per heavy atom. The molecule has 0 aliphatic carbocycles. The van der Waals surface area contributed by atoms with Gasteiger partial charge in [0.05, 0.1) is 38.0 Å². The molecule has 0 N–H and O–H groups in total. The van der Waals surface area contributed by atoms with E-state index in [-0.39, 0.29) is 18.5 Å². The van der Waals surface area contributed by atoms with Crippen molar-refractivity contribution in [3.8, 4) is 0 Å². The van der Waals surface area contributed by atoms with Crippen LogP contribution in [0.3, 0.4) is 0 Å². The van der Waals surface area contributed by atoms with Crippen LogP contribution >= 0.6 is 11.3 Å². The minimum Gasteiger partial charge on any atom is -0.469 e. The number of methoxy groups -OCH3 is 1. The summed E-state index contributed by atoms with van der Waals surface area (Å²) in [7, 11) is 1.39. The maximum absolute atomic E-state index is 11.2. The van der Waals surface area contributed by atoms with E-state index in [1.54, 1.807) is 11.3 Å². The number of hydrogen-bond donors (Lipinski definition) is 0. The van der Waals surface area contributed by atoms with E-state index in [2.05, 4.69) is 28.5 Å². The predicted molar refractivity (Wildman–Crippen MR) is 70.1 cm³/mol. The van der Waals surface area contributed by atoms with E-state index in [0.717, 1.165) is 17.4 Å². The number of carbonyl (C=O) groups excluding carboxylic acids is 1. The summed E-state index contributed by atoms with van der Waals surface area (Å²) in [5.41, 5.74) is 0.771. The van der Waals surface area contributed by atoms with Crippen LogP contribution in [-0.4, -0.2) is 43.4 Å². The quantitative estimate of drug-likeness (QED) is 0.779. The van der Waals surface area contributed by atoms with Crippen molar-refractivity contribution in [3.05, 3.63) is 11.1 Å². The van der Waals surface area contributed by atoms with Crippen molar-refractivity contribution in [2.75, 3.05) is 25.2 Å². The first-order chi connectivity index (χ1) is 8.60. The molecule has 0 saturated carbocycles. The highest BCUT2D eigenvalue weighted by Crippen LogP contribution is 2.25.